The molecule has 4 heteroatoms. The van der Waals surface area contributed by atoms with Gasteiger partial charge >= 0.3 is 5.97 Å². The van der Waals surface area contributed by atoms with E-state index >= 15 is 0 Å². The maximum Gasteiger partial charge on any atom is 0.307 e. The Hall–Kier alpha value is -0.540. The number of carbonyl (C=O) groups is 1. The molecule has 0 aliphatic carbocycles. The van der Waals surface area contributed by atoms with Gasteiger partial charge in [0, 0.05) is 9.50 Å². The SMILES string of the molecule is Cc1c(Cl)cc(Br)c(C)c1CC(=O)O. The molecular formula is C10H10BrClO2. The van der Waals surface area contributed by atoms with Crippen LogP contribution in [0.1, 0.15) is 16.7 Å². The predicted molar refractivity (Wildman–Crippen MR) is 60.0 cm³/mol. The summed E-state index contributed by atoms with van der Waals surface area (Å²) >= 11 is 9.30. The van der Waals surface area contributed by atoms with Gasteiger partial charge in [0.05, 0.1) is 6.42 Å². The summed E-state index contributed by atoms with van der Waals surface area (Å²) in [6.45, 7) is 3.71. The smallest absolute Gasteiger partial charge is 0.307 e. The first-order chi connectivity index (χ1) is 6.43. The topological polar surface area (TPSA) is 37.3 Å². The summed E-state index contributed by atoms with van der Waals surface area (Å²) in [5.41, 5.74) is 2.57. The van der Waals surface area contributed by atoms with Gasteiger partial charge in [-0.25, -0.2) is 0 Å². The van der Waals surface area contributed by atoms with E-state index in [1.807, 2.05) is 13.8 Å². The molecule has 0 spiro atoms. The molecule has 1 N–H and O–H groups in total. The minimum atomic E-state index is -0.842. The third kappa shape index (κ3) is 2.28. The van der Waals surface area contributed by atoms with E-state index in [9.17, 15) is 4.79 Å². The van der Waals surface area contributed by atoms with Gasteiger partial charge < -0.3 is 5.11 Å². The van der Waals surface area contributed by atoms with Gasteiger partial charge in [0.1, 0.15) is 0 Å². The maximum absolute atomic E-state index is 10.6. The zero-order chi connectivity index (χ0) is 10.9. The Morgan fingerprint density at radius 1 is 1.50 bits per heavy atom. The highest BCUT2D eigenvalue weighted by Crippen LogP contribution is 2.29. The number of aliphatic carboxylic acids is 1. The number of rotatable bonds is 2. The normalized spacial score (nSPS) is 10.3. The summed E-state index contributed by atoms with van der Waals surface area (Å²) in [5.74, 6) is -0.842. The molecule has 0 radical (unpaired) electrons. The van der Waals surface area contributed by atoms with Gasteiger partial charge in [-0.2, -0.15) is 0 Å². The second kappa shape index (κ2) is 4.32. The monoisotopic (exact) mass is 276 g/mol. The molecule has 0 fully saturated rings. The number of benzene rings is 1. The third-order valence-corrected chi connectivity index (χ3v) is 3.42. The van der Waals surface area contributed by atoms with E-state index in [0.717, 1.165) is 21.2 Å². The van der Waals surface area contributed by atoms with Crippen molar-refractivity contribution in [3.8, 4) is 0 Å². The van der Waals surface area contributed by atoms with E-state index in [4.69, 9.17) is 16.7 Å². The summed E-state index contributed by atoms with van der Waals surface area (Å²) in [7, 11) is 0. The first-order valence-electron chi connectivity index (χ1n) is 4.09. The van der Waals surface area contributed by atoms with Crippen LogP contribution >= 0.6 is 27.5 Å². The quantitative estimate of drug-likeness (QED) is 0.900. The van der Waals surface area contributed by atoms with Crippen LogP contribution in [0.15, 0.2) is 10.5 Å². The molecule has 0 aliphatic rings. The summed E-state index contributed by atoms with van der Waals surface area (Å²) in [6.07, 6.45) is 0.0107. The van der Waals surface area contributed by atoms with Crippen LogP contribution in [0, 0.1) is 13.8 Å². The summed E-state index contributed by atoms with van der Waals surface area (Å²) in [5, 5.41) is 9.34. The minimum Gasteiger partial charge on any atom is -0.481 e. The van der Waals surface area contributed by atoms with Crippen LogP contribution in [0.4, 0.5) is 0 Å². The summed E-state index contributed by atoms with van der Waals surface area (Å²) in [4.78, 5) is 10.6. The van der Waals surface area contributed by atoms with Crippen molar-refractivity contribution in [3.05, 3.63) is 32.3 Å². The highest BCUT2D eigenvalue weighted by molar-refractivity contribution is 9.10. The Labute approximate surface area is 96.0 Å². The molecule has 0 heterocycles. The average molecular weight is 278 g/mol. The summed E-state index contributed by atoms with van der Waals surface area (Å²) in [6, 6.07) is 1.79. The van der Waals surface area contributed by atoms with Crippen LogP contribution < -0.4 is 0 Å². The predicted octanol–water partition coefficient (Wildman–Crippen LogP) is 3.35. The highest BCUT2D eigenvalue weighted by Gasteiger charge is 2.12. The van der Waals surface area contributed by atoms with Crippen LogP contribution in [0.25, 0.3) is 0 Å². The zero-order valence-corrected chi connectivity index (χ0v) is 10.2. The average Bonchev–Trinajstić information content (AvgIpc) is 2.09. The maximum atomic E-state index is 10.6. The van der Waals surface area contributed by atoms with Crippen molar-refractivity contribution in [2.24, 2.45) is 0 Å². The Balaban J connectivity index is 3.31. The number of carboxylic acids is 1. The minimum absolute atomic E-state index is 0.0107. The Bertz CT molecular complexity index is 362. The molecule has 1 rings (SSSR count). The Morgan fingerprint density at radius 2 is 2.07 bits per heavy atom. The Kier molecular flexibility index (Phi) is 3.56. The van der Waals surface area contributed by atoms with Crippen LogP contribution in [0.5, 0.6) is 0 Å². The van der Waals surface area contributed by atoms with Gasteiger partial charge in [-0.05, 0) is 36.6 Å². The fourth-order valence-electron chi connectivity index (χ4n) is 1.31. The molecule has 0 unspecified atom stereocenters. The molecular weight excluding hydrogens is 267 g/mol. The van der Waals surface area contributed by atoms with Crippen molar-refractivity contribution < 1.29 is 9.90 Å². The second-order valence-corrected chi connectivity index (χ2v) is 4.40. The van der Waals surface area contributed by atoms with E-state index in [2.05, 4.69) is 15.9 Å². The molecule has 14 heavy (non-hydrogen) atoms. The second-order valence-electron chi connectivity index (χ2n) is 3.14. The van der Waals surface area contributed by atoms with Gasteiger partial charge in [0.15, 0.2) is 0 Å². The molecule has 0 atom stereocenters. The lowest BCUT2D eigenvalue weighted by atomic mass is 10.0. The van der Waals surface area contributed by atoms with Gasteiger partial charge in [-0.15, -0.1) is 0 Å². The molecule has 0 saturated carbocycles. The summed E-state index contributed by atoms with van der Waals surface area (Å²) < 4.78 is 0.851. The van der Waals surface area contributed by atoms with Crippen LogP contribution in [0.3, 0.4) is 0 Å². The van der Waals surface area contributed by atoms with E-state index < -0.39 is 5.97 Å². The van der Waals surface area contributed by atoms with Gasteiger partial charge in [-0.1, -0.05) is 27.5 Å². The van der Waals surface area contributed by atoms with Crippen molar-refractivity contribution in [3.63, 3.8) is 0 Å². The molecule has 2 nitrogen and oxygen atoms in total. The van der Waals surface area contributed by atoms with Crippen molar-refractivity contribution in [1.29, 1.82) is 0 Å². The lowest BCUT2D eigenvalue weighted by Crippen LogP contribution is -2.05. The fourth-order valence-corrected chi connectivity index (χ4v) is 2.14. The molecule has 76 valence electrons. The number of halogens is 2. The van der Waals surface area contributed by atoms with Gasteiger partial charge in [-0.3, -0.25) is 4.79 Å². The standard InChI is InChI=1S/C10H10BrClO2/c1-5-7(3-10(13)14)6(2)9(12)4-8(5)11/h4H,3H2,1-2H3,(H,13,14). The molecule has 0 amide bonds. The first-order valence-corrected chi connectivity index (χ1v) is 5.26. The number of hydrogen-bond acceptors (Lipinski definition) is 1. The Morgan fingerprint density at radius 3 is 2.57 bits per heavy atom. The van der Waals surface area contributed by atoms with Crippen molar-refractivity contribution in [1.82, 2.24) is 0 Å². The molecule has 0 aromatic heterocycles. The molecule has 0 saturated heterocycles. The largest absolute Gasteiger partial charge is 0.481 e. The number of carboxylic acid groups (broad SMARTS) is 1. The fraction of sp³-hybridized carbons (Fsp3) is 0.300. The molecule has 0 aliphatic heterocycles. The van der Waals surface area contributed by atoms with Crippen molar-refractivity contribution >= 4 is 33.5 Å². The molecule has 1 aromatic carbocycles. The lowest BCUT2D eigenvalue weighted by molar-refractivity contribution is -0.136. The van der Waals surface area contributed by atoms with Crippen LogP contribution in [-0.2, 0) is 11.2 Å². The van der Waals surface area contributed by atoms with Crippen molar-refractivity contribution in [2.45, 2.75) is 20.3 Å². The van der Waals surface area contributed by atoms with E-state index in [-0.39, 0.29) is 6.42 Å². The molecule has 0 bridgehead atoms. The lowest BCUT2D eigenvalue weighted by Gasteiger charge is -2.11. The van der Waals surface area contributed by atoms with Gasteiger partial charge in [0.25, 0.3) is 0 Å². The van der Waals surface area contributed by atoms with Crippen molar-refractivity contribution in [2.75, 3.05) is 0 Å². The third-order valence-electron chi connectivity index (χ3n) is 2.20. The zero-order valence-electron chi connectivity index (χ0n) is 7.90. The van der Waals surface area contributed by atoms with Gasteiger partial charge in [0.2, 0.25) is 0 Å². The van der Waals surface area contributed by atoms with E-state index in [1.165, 1.54) is 0 Å². The van der Waals surface area contributed by atoms with E-state index in [1.54, 1.807) is 6.07 Å². The number of hydrogen-bond donors (Lipinski definition) is 1. The van der Waals surface area contributed by atoms with Crippen LogP contribution in [-0.4, -0.2) is 11.1 Å². The van der Waals surface area contributed by atoms with E-state index in [0.29, 0.717) is 5.02 Å². The highest BCUT2D eigenvalue weighted by atomic mass is 79.9. The first kappa shape index (κ1) is 11.5. The molecule has 1 aromatic rings. The van der Waals surface area contributed by atoms with Crippen LogP contribution in [0.2, 0.25) is 5.02 Å².